The first-order valence-electron chi connectivity index (χ1n) is 7.47. The lowest BCUT2D eigenvalue weighted by Crippen LogP contribution is -2.41. The summed E-state index contributed by atoms with van der Waals surface area (Å²) in [4.78, 5) is 17.4. The van der Waals surface area contributed by atoms with Gasteiger partial charge in [-0.2, -0.15) is 0 Å². The van der Waals surface area contributed by atoms with Crippen LogP contribution >= 0.6 is 0 Å². The first kappa shape index (κ1) is 16.7. The van der Waals surface area contributed by atoms with Crippen molar-refractivity contribution in [3.8, 4) is 11.4 Å². The van der Waals surface area contributed by atoms with Crippen LogP contribution in [-0.2, 0) is 4.43 Å². The third kappa shape index (κ3) is 3.56. The molecule has 0 N–H and O–H groups in total. The molecule has 0 bridgehead atoms. The summed E-state index contributed by atoms with van der Waals surface area (Å²) in [5.74, 6) is 0. The van der Waals surface area contributed by atoms with Gasteiger partial charge in [0.1, 0.15) is 11.4 Å². The van der Waals surface area contributed by atoms with Gasteiger partial charge in [-0.1, -0.05) is 20.8 Å². The van der Waals surface area contributed by atoms with Crippen LogP contribution in [0.3, 0.4) is 0 Å². The fourth-order valence-corrected chi connectivity index (χ4v) is 3.29. The maximum atomic E-state index is 6.44. The Labute approximate surface area is 133 Å². The molecule has 0 amide bonds. The van der Waals surface area contributed by atoms with Crippen LogP contribution in [0.15, 0.2) is 31.0 Å². The second kappa shape index (κ2) is 6.22. The highest BCUT2D eigenvalue weighted by Crippen LogP contribution is 2.40. The highest BCUT2D eigenvalue weighted by atomic mass is 28.4. The molecule has 118 valence electrons. The number of nitrogens with zero attached hydrogens (tertiary/aromatic N) is 4. The van der Waals surface area contributed by atoms with E-state index < -0.39 is 8.32 Å². The van der Waals surface area contributed by atoms with Gasteiger partial charge >= 0.3 is 0 Å². The van der Waals surface area contributed by atoms with Crippen molar-refractivity contribution in [1.82, 2.24) is 19.9 Å². The van der Waals surface area contributed by atoms with Crippen molar-refractivity contribution in [2.75, 3.05) is 0 Å². The molecule has 0 spiro atoms. The van der Waals surface area contributed by atoms with Crippen molar-refractivity contribution in [3.05, 3.63) is 36.7 Å². The lowest BCUT2D eigenvalue weighted by atomic mass is 10.2. The van der Waals surface area contributed by atoms with Gasteiger partial charge in [-0.3, -0.25) is 19.9 Å². The Morgan fingerprint density at radius 1 is 1.00 bits per heavy atom. The van der Waals surface area contributed by atoms with Gasteiger partial charge < -0.3 is 4.43 Å². The van der Waals surface area contributed by atoms with Gasteiger partial charge in [0.25, 0.3) is 0 Å². The SMILES string of the molecule is CC(O[Si](C)(C)C(C)(C)C)c1nccnc1-c1cnccn1. The quantitative estimate of drug-likeness (QED) is 0.797. The zero-order valence-corrected chi connectivity index (χ0v) is 15.2. The molecule has 2 aromatic rings. The molecule has 22 heavy (non-hydrogen) atoms. The van der Waals surface area contributed by atoms with E-state index in [1.54, 1.807) is 31.0 Å². The number of hydrogen-bond acceptors (Lipinski definition) is 5. The van der Waals surface area contributed by atoms with Crippen LogP contribution in [0.1, 0.15) is 39.5 Å². The van der Waals surface area contributed by atoms with Crippen molar-refractivity contribution in [1.29, 1.82) is 0 Å². The first-order valence-corrected chi connectivity index (χ1v) is 10.4. The largest absolute Gasteiger partial charge is 0.409 e. The summed E-state index contributed by atoms with van der Waals surface area (Å²) >= 11 is 0. The summed E-state index contributed by atoms with van der Waals surface area (Å²) in [6, 6.07) is 0. The maximum Gasteiger partial charge on any atom is 0.192 e. The van der Waals surface area contributed by atoms with E-state index in [1.165, 1.54) is 0 Å². The van der Waals surface area contributed by atoms with E-state index in [0.717, 1.165) is 17.1 Å². The van der Waals surface area contributed by atoms with Crippen molar-refractivity contribution in [2.24, 2.45) is 0 Å². The molecule has 0 aliphatic heterocycles. The van der Waals surface area contributed by atoms with E-state index in [1.807, 2.05) is 6.92 Å². The fourth-order valence-electron chi connectivity index (χ4n) is 1.94. The predicted octanol–water partition coefficient (Wildman–Crippen LogP) is 4.02. The van der Waals surface area contributed by atoms with Gasteiger partial charge in [0, 0.05) is 24.8 Å². The van der Waals surface area contributed by atoms with Crippen LogP contribution in [0.5, 0.6) is 0 Å². The molecule has 2 aromatic heterocycles. The van der Waals surface area contributed by atoms with Crippen LogP contribution in [0.25, 0.3) is 11.4 Å². The summed E-state index contributed by atoms with van der Waals surface area (Å²) < 4.78 is 6.44. The van der Waals surface area contributed by atoms with Gasteiger partial charge in [0.15, 0.2) is 8.32 Å². The fraction of sp³-hybridized carbons (Fsp3) is 0.500. The number of aromatic nitrogens is 4. The highest BCUT2D eigenvalue weighted by Gasteiger charge is 2.39. The first-order chi connectivity index (χ1) is 10.2. The van der Waals surface area contributed by atoms with E-state index in [-0.39, 0.29) is 11.1 Å². The molecule has 2 rings (SSSR count). The van der Waals surface area contributed by atoms with Crippen LogP contribution < -0.4 is 0 Å². The Morgan fingerprint density at radius 3 is 2.23 bits per heavy atom. The van der Waals surface area contributed by atoms with E-state index in [2.05, 4.69) is 53.8 Å². The van der Waals surface area contributed by atoms with Gasteiger partial charge in [0.2, 0.25) is 0 Å². The Hall–Kier alpha value is -1.66. The van der Waals surface area contributed by atoms with Crippen LogP contribution in [0.4, 0.5) is 0 Å². The smallest absolute Gasteiger partial charge is 0.192 e. The second-order valence-corrected chi connectivity index (χ2v) is 11.7. The lowest BCUT2D eigenvalue weighted by Gasteiger charge is -2.38. The normalized spacial score (nSPS) is 13.9. The van der Waals surface area contributed by atoms with Gasteiger partial charge in [-0.05, 0) is 25.1 Å². The van der Waals surface area contributed by atoms with Gasteiger partial charge in [0.05, 0.1) is 18.0 Å². The molecule has 2 heterocycles. The molecule has 6 heteroatoms. The summed E-state index contributed by atoms with van der Waals surface area (Å²) in [5, 5.41) is 0.149. The van der Waals surface area contributed by atoms with Crippen LogP contribution in [0.2, 0.25) is 18.1 Å². The van der Waals surface area contributed by atoms with E-state index >= 15 is 0 Å². The summed E-state index contributed by atoms with van der Waals surface area (Å²) in [7, 11) is -1.88. The van der Waals surface area contributed by atoms with E-state index in [9.17, 15) is 0 Å². The third-order valence-corrected chi connectivity index (χ3v) is 8.75. The maximum absolute atomic E-state index is 6.44. The van der Waals surface area contributed by atoms with Crippen molar-refractivity contribution in [2.45, 2.75) is 51.9 Å². The van der Waals surface area contributed by atoms with Crippen molar-refractivity contribution < 1.29 is 4.43 Å². The second-order valence-electron chi connectivity index (χ2n) is 6.90. The summed E-state index contributed by atoms with van der Waals surface area (Å²) in [5.41, 5.74) is 2.27. The zero-order valence-electron chi connectivity index (χ0n) is 14.2. The highest BCUT2D eigenvalue weighted by molar-refractivity contribution is 6.74. The van der Waals surface area contributed by atoms with Crippen molar-refractivity contribution >= 4 is 8.32 Å². The van der Waals surface area contributed by atoms with Crippen LogP contribution in [-0.4, -0.2) is 28.3 Å². The van der Waals surface area contributed by atoms with Crippen LogP contribution in [0, 0.1) is 0 Å². The molecular formula is C16H24N4OSi. The molecule has 5 nitrogen and oxygen atoms in total. The topological polar surface area (TPSA) is 60.8 Å². The summed E-state index contributed by atoms with van der Waals surface area (Å²) in [6.45, 7) is 13.2. The molecule has 0 aromatic carbocycles. The Kier molecular flexibility index (Phi) is 4.72. The average Bonchev–Trinajstić information content (AvgIpc) is 2.46. The number of hydrogen-bond donors (Lipinski definition) is 0. The molecule has 0 fully saturated rings. The van der Waals surface area contributed by atoms with E-state index in [4.69, 9.17) is 4.43 Å². The molecule has 0 aliphatic carbocycles. The van der Waals surface area contributed by atoms with Crippen molar-refractivity contribution in [3.63, 3.8) is 0 Å². The van der Waals surface area contributed by atoms with Gasteiger partial charge in [-0.25, -0.2) is 0 Å². The number of rotatable bonds is 4. The third-order valence-electron chi connectivity index (χ3n) is 4.19. The summed E-state index contributed by atoms with van der Waals surface area (Å²) in [6.07, 6.45) is 8.24. The molecule has 1 unspecified atom stereocenters. The zero-order chi connectivity index (χ0) is 16.4. The molecule has 0 radical (unpaired) electrons. The van der Waals surface area contributed by atoms with E-state index in [0.29, 0.717) is 0 Å². The molecule has 0 saturated heterocycles. The minimum absolute atomic E-state index is 0.133. The monoisotopic (exact) mass is 316 g/mol. The predicted molar refractivity (Wildman–Crippen MR) is 89.8 cm³/mol. The Morgan fingerprint density at radius 2 is 1.64 bits per heavy atom. The standard InChI is InChI=1S/C16H24N4OSi/c1-12(21-22(5,6)16(2,3)4)14-15(20-10-9-19-14)13-11-17-7-8-18-13/h7-12H,1-6H3. The molecular weight excluding hydrogens is 292 g/mol. The lowest BCUT2D eigenvalue weighted by molar-refractivity contribution is 0.198. The Balaban J connectivity index is 2.34. The molecule has 1 atom stereocenters. The molecule has 0 aliphatic rings. The average molecular weight is 316 g/mol. The minimum atomic E-state index is -1.88. The Bertz CT molecular complexity index is 626. The van der Waals surface area contributed by atoms with Gasteiger partial charge in [-0.15, -0.1) is 0 Å². The molecule has 0 saturated carbocycles. The minimum Gasteiger partial charge on any atom is -0.409 e.